The van der Waals surface area contributed by atoms with Crippen molar-refractivity contribution in [1.29, 1.82) is 0 Å². The number of benzene rings is 7. The highest BCUT2D eigenvalue weighted by atomic mass is 15.1. The number of hydrogen-bond acceptors (Lipinski definition) is 1. The van der Waals surface area contributed by atoms with Gasteiger partial charge in [0.1, 0.15) is 0 Å². The summed E-state index contributed by atoms with van der Waals surface area (Å²) >= 11 is 0. The Kier molecular flexibility index (Phi) is 7.53. The van der Waals surface area contributed by atoms with E-state index in [4.69, 9.17) is 0 Å². The van der Waals surface area contributed by atoms with Crippen molar-refractivity contribution in [2.75, 3.05) is 4.90 Å². The lowest BCUT2D eigenvalue weighted by Gasteiger charge is -2.27. The third-order valence-corrected chi connectivity index (χ3v) is 8.63. The topological polar surface area (TPSA) is 3.24 Å². The zero-order chi connectivity index (χ0) is 30.8. The summed E-state index contributed by atoms with van der Waals surface area (Å²) in [6.45, 7) is 6.77. The van der Waals surface area contributed by atoms with Crippen LogP contribution >= 0.6 is 0 Å². The van der Waals surface area contributed by atoms with Gasteiger partial charge in [0.2, 0.25) is 0 Å². The Morgan fingerprint density at radius 2 is 0.822 bits per heavy atom. The van der Waals surface area contributed by atoms with E-state index in [0.717, 1.165) is 17.1 Å². The molecule has 0 heterocycles. The van der Waals surface area contributed by atoms with Gasteiger partial charge in [0.15, 0.2) is 0 Å². The standard InChI is InChI=1S/C44H37N/c1-44(2,3)38-24-18-33(19-25-38)35-22-28-40(29-23-35)45(39-26-20-34(21-27-39)32-12-6-4-7-13-32)41-30-37-16-10-11-17-42(37)43(31-41)36-14-8-5-9-15-36/h4-31H,1-3H3. The molecule has 7 aromatic carbocycles. The van der Waals surface area contributed by atoms with Crippen molar-refractivity contribution in [3.8, 4) is 33.4 Å². The lowest BCUT2D eigenvalue weighted by molar-refractivity contribution is 0.590. The number of rotatable bonds is 6. The van der Waals surface area contributed by atoms with Gasteiger partial charge in [0.05, 0.1) is 0 Å². The Morgan fingerprint density at radius 1 is 0.378 bits per heavy atom. The predicted molar refractivity (Wildman–Crippen MR) is 194 cm³/mol. The van der Waals surface area contributed by atoms with Crippen molar-refractivity contribution in [2.45, 2.75) is 26.2 Å². The highest BCUT2D eigenvalue weighted by Crippen LogP contribution is 2.41. The van der Waals surface area contributed by atoms with Gasteiger partial charge in [-0.15, -0.1) is 0 Å². The summed E-state index contributed by atoms with van der Waals surface area (Å²) in [5, 5.41) is 2.47. The van der Waals surface area contributed by atoms with Gasteiger partial charge in [-0.1, -0.05) is 154 Å². The summed E-state index contributed by atoms with van der Waals surface area (Å²) in [5.41, 5.74) is 12.1. The minimum Gasteiger partial charge on any atom is -0.310 e. The van der Waals surface area contributed by atoms with Crippen LogP contribution < -0.4 is 4.90 Å². The van der Waals surface area contributed by atoms with E-state index in [1.165, 1.54) is 49.7 Å². The second-order valence-corrected chi connectivity index (χ2v) is 12.7. The Bertz CT molecular complexity index is 2030. The van der Waals surface area contributed by atoms with E-state index < -0.39 is 0 Å². The monoisotopic (exact) mass is 579 g/mol. The van der Waals surface area contributed by atoms with Gasteiger partial charge in [-0.05, 0) is 91.5 Å². The van der Waals surface area contributed by atoms with Gasteiger partial charge in [-0.2, -0.15) is 0 Å². The fourth-order valence-corrected chi connectivity index (χ4v) is 6.13. The van der Waals surface area contributed by atoms with Crippen LogP contribution in [-0.4, -0.2) is 0 Å². The molecule has 0 unspecified atom stereocenters. The molecule has 0 aliphatic carbocycles. The van der Waals surface area contributed by atoms with Gasteiger partial charge in [-0.25, -0.2) is 0 Å². The van der Waals surface area contributed by atoms with Crippen LogP contribution in [0.2, 0.25) is 0 Å². The number of fused-ring (bicyclic) bond motifs is 1. The molecule has 0 bridgehead atoms. The second-order valence-electron chi connectivity index (χ2n) is 12.7. The number of nitrogens with zero attached hydrogens (tertiary/aromatic N) is 1. The van der Waals surface area contributed by atoms with E-state index in [0.29, 0.717) is 0 Å². The molecule has 7 aromatic rings. The van der Waals surface area contributed by atoms with Crippen LogP contribution in [-0.2, 0) is 5.41 Å². The summed E-state index contributed by atoms with van der Waals surface area (Å²) in [6, 6.07) is 61.5. The Hall–Kier alpha value is -5.40. The summed E-state index contributed by atoms with van der Waals surface area (Å²) in [6.07, 6.45) is 0. The molecule has 0 aliphatic rings. The van der Waals surface area contributed by atoms with E-state index in [1.807, 2.05) is 0 Å². The molecule has 0 fully saturated rings. The van der Waals surface area contributed by atoms with Crippen LogP contribution in [0.3, 0.4) is 0 Å². The molecule has 1 nitrogen and oxygen atoms in total. The van der Waals surface area contributed by atoms with E-state index in [-0.39, 0.29) is 5.41 Å². The number of anilines is 3. The predicted octanol–water partition coefficient (Wildman–Crippen LogP) is 12.6. The molecule has 0 aliphatic heterocycles. The largest absolute Gasteiger partial charge is 0.310 e. The minimum atomic E-state index is 0.136. The first-order valence-electron chi connectivity index (χ1n) is 15.7. The normalized spacial score (nSPS) is 11.4. The Labute approximate surface area is 267 Å². The van der Waals surface area contributed by atoms with Crippen LogP contribution in [0.15, 0.2) is 170 Å². The van der Waals surface area contributed by atoms with Crippen LogP contribution in [0.4, 0.5) is 17.1 Å². The molecule has 45 heavy (non-hydrogen) atoms. The highest BCUT2D eigenvalue weighted by Gasteiger charge is 2.17. The van der Waals surface area contributed by atoms with E-state index in [1.54, 1.807) is 0 Å². The maximum absolute atomic E-state index is 2.38. The van der Waals surface area contributed by atoms with Crippen molar-refractivity contribution in [1.82, 2.24) is 0 Å². The summed E-state index contributed by atoms with van der Waals surface area (Å²) in [4.78, 5) is 2.38. The van der Waals surface area contributed by atoms with Crippen LogP contribution in [0, 0.1) is 0 Å². The van der Waals surface area contributed by atoms with E-state index >= 15 is 0 Å². The molecule has 218 valence electrons. The summed E-state index contributed by atoms with van der Waals surface area (Å²) in [5.74, 6) is 0. The lowest BCUT2D eigenvalue weighted by Crippen LogP contribution is -2.10. The quantitative estimate of drug-likeness (QED) is 0.189. The van der Waals surface area contributed by atoms with Crippen molar-refractivity contribution in [2.24, 2.45) is 0 Å². The molecule has 0 atom stereocenters. The zero-order valence-electron chi connectivity index (χ0n) is 26.1. The van der Waals surface area contributed by atoms with Crippen molar-refractivity contribution in [3.05, 3.63) is 175 Å². The first kappa shape index (κ1) is 28.4. The third kappa shape index (κ3) is 5.90. The van der Waals surface area contributed by atoms with E-state index in [9.17, 15) is 0 Å². The van der Waals surface area contributed by atoms with Crippen molar-refractivity contribution in [3.63, 3.8) is 0 Å². The Morgan fingerprint density at radius 3 is 1.36 bits per heavy atom. The molecule has 0 aromatic heterocycles. The first-order chi connectivity index (χ1) is 21.9. The molecular weight excluding hydrogens is 542 g/mol. The van der Waals surface area contributed by atoms with E-state index in [2.05, 4.69) is 196 Å². The van der Waals surface area contributed by atoms with Gasteiger partial charge >= 0.3 is 0 Å². The average molecular weight is 580 g/mol. The molecule has 0 radical (unpaired) electrons. The van der Waals surface area contributed by atoms with Gasteiger partial charge in [0.25, 0.3) is 0 Å². The summed E-state index contributed by atoms with van der Waals surface area (Å²) in [7, 11) is 0. The molecule has 0 saturated carbocycles. The average Bonchev–Trinajstić information content (AvgIpc) is 3.09. The number of hydrogen-bond donors (Lipinski definition) is 0. The summed E-state index contributed by atoms with van der Waals surface area (Å²) < 4.78 is 0. The lowest BCUT2D eigenvalue weighted by atomic mass is 9.86. The van der Waals surface area contributed by atoms with Gasteiger partial charge in [0, 0.05) is 17.1 Å². The maximum Gasteiger partial charge on any atom is 0.0474 e. The molecule has 0 amide bonds. The molecular formula is C44H37N. The molecule has 7 rings (SSSR count). The highest BCUT2D eigenvalue weighted by molar-refractivity contribution is 6.01. The fraction of sp³-hybridized carbons (Fsp3) is 0.0909. The van der Waals surface area contributed by atoms with Gasteiger partial charge in [-0.3, -0.25) is 0 Å². The zero-order valence-corrected chi connectivity index (χ0v) is 26.1. The first-order valence-corrected chi connectivity index (χ1v) is 15.7. The second kappa shape index (κ2) is 11.9. The van der Waals surface area contributed by atoms with Crippen LogP contribution in [0.5, 0.6) is 0 Å². The van der Waals surface area contributed by atoms with Crippen molar-refractivity contribution < 1.29 is 0 Å². The molecule has 0 saturated heterocycles. The smallest absolute Gasteiger partial charge is 0.0474 e. The minimum absolute atomic E-state index is 0.136. The van der Waals surface area contributed by atoms with Crippen molar-refractivity contribution >= 4 is 27.8 Å². The maximum atomic E-state index is 2.38. The van der Waals surface area contributed by atoms with Crippen LogP contribution in [0.1, 0.15) is 26.3 Å². The molecule has 0 spiro atoms. The van der Waals surface area contributed by atoms with Gasteiger partial charge < -0.3 is 4.90 Å². The Balaban J connectivity index is 1.35. The molecule has 0 N–H and O–H groups in total. The SMILES string of the molecule is CC(C)(C)c1ccc(-c2ccc(N(c3ccc(-c4ccccc4)cc3)c3cc(-c4ccccc4)c4ccccc4c3)cc2)cc1. The third-order valence-electron chi connectivity index (χ3n) is 8.63. The fourth-order valence-electron chi connectivity index (χ4n) is 6.13. The van der Waals surface area contributed by atoms with Crippen LogP contribution in [0.25, 0.3) is 44.2 Å². The molecule has 1 heteroatoms.